The van der Waals surface area contributed by atoms with Gasteiger partial charge in [-0.3, -0.25) is 0 Å². The van der Waals surface area contributed by atoms with E-state index in [0.29, 0.717) is 11.3 Å². The Labute approximate surface area is 99.5 Å². The number of rotatable bonds is 4. The molecule has 0 heterocycles. The molecule has 0 saturated heterocycles. The van der Waals surface area contributed by atoms with Gasteiger partial charge in [-0.15, -0.1) is 0 Å². The Kier molecular flexibility index (Phi) is 4.55. The third-order valence-electron chi connectivity index (χ3n) is 3.09. The molecule has 1 nitrogen and oxygen atoms in total. The molecule has 1 heteroatoms. The van der Waals surface area contributed by atoms with E-state index in [1.165, 1.54) is 11.1 Å². The molecule has 0 aliphatic carbocycles. The lowest BCUT2D eigenvalue weighted by Crippen LogP contribution is -2.11. The number of aryl methyl sites for hydroxylation is 1. The first-order valence-corrected chi connectivity index (χ1v) is 6.10. The highest BCUT2D eigenvalue weighted by Crippen LogP contribution is 2.29. The van der Waals surface area contributed by atoms with E-state index in [9.17, 15) is 5.11 Å². The lowest BCUT2D eigenvalue weighted by atomic mass is 9.83. The zero-order valence-corrected chi connectivity index (χ0v) is 11.0. The fourth-order valence-corrected chi connectivity index (χ4v) is 2.00. The summed E-state index contributed by atoms with van der Waals surface area (Å²) < 4.78 is 0. The lowest BCUT2D eigenvalue weighted by Gasteiger charge is -2.23. The molecule has 90 valence electrons. The Morgan fingerprint density at radius 2 is 1.81 bits per heavy atom. The lowest BCUT2D eigenvalue weighted by molar-refractivity contribution is 0.241. The van der Waals surface area contributed by atoms with Gasteiger partial charge in [-0.2, -0.15) is 0 Å². The normalized spacial score (nSPS) is 13.8. The Morgan fingerprint density at radius 1 is 1.19 bits per heavy atom. The van der Waals surface area contributed by atoms with Crippen LogP contribution in [0.2, 0.25) is 0 Å². The SMILES string of the molecule is Cc1ccccc1C(CO)CCC(C)(C)C. The van der Waals surface area contributed by atoms with Gasteiger partial charge >= 0.3 is 0 Å². The van der Waals surface area contributed by atoms with Crippen molar-refractivity contribution in [1.82, 2.24) is 0 Å². The minimum atomic E-state index is 0.251. The molecule has 0 saturated carbocycles. The monoisotopic (exact) mass is 220 g/mol. The van der Waals surface area contributed by atoms with E-state index < -0.39 is 0 Å². The standard InChI is InChI=1S/C15H24O/c1-12-7-5-6-8-14(12)13(11-16)9-10-15(2,3)4/h5-8,13,16H,9-11H2,1-4H3. The van der Waals surface area contributed by atoms with Gasteiger partial charge in [0, 0.05) is 12.5 Å². The van der Waals surface area contributed by atoms with Gasteiger partial charge < -0.3 is 5.11 Å². The first kappa shape index (κ1) is 13.2. The number of aliphatic hydroxyl groups is 1. The molecule has 0 amide bonds. The van der Waals surface area contributed by atoms with Gasteiger partial charge in [-0.25, -0.2) is 0 Å². The molecule has 1 atom stereocenters. The summed E-state index contributed by atoms with van der Waals surface area (Å²) in [5, 5.41) is 9.50. The molecule has 0 aromatic heterocycles. The minimum absolute atomic E-state index is 0.251. The van der Waals surface area contributed by atoms with Crippen molar-refractivity contribution in [2.75, 3.05) is 6.61 Å². The molecule has 1 N–H and O–H groups in total. The largest absolute Gasteiger partial charge is 0.396 e. The van der Waals surface area contributed by atoms with Crippen molar-refractivity contribution in [3.63, 3.8) is 0 Å². The summed E-state index contributed by atoms with van der Waals surface area (Å²) in [6.07, 6.45) is 2.21. The molecule has 0 fully saturated rings. The zero-order chi connectivity index (χ0) is 12.2. The summed E-state index contributed by atoms with van der Waals surface area (Å²) in [6.45, 7) is 9.12. The quantitative estimate of drug-likeness (QED) is 0.816. The second-order valence-electron chi connectivity index (χ2n) is 5.84. The van der Waals surface area contributed by atoms with E-state index >= 15 is 0 Å². The second-order valence-corrected chi connectivity index (χ2v) is 5.84. The summed E-state index contributed by atoms with van der Waals surface area (Å²) in [7, 11) is 0. The Balaban J connectivity index is 2.72. The van der Waals surface area contributed by atoms with E-state index in [4.69, 9.17) is 0 Å². The first-order chi connectivity index (χ1) is 7.44. The minimum Gasteiger partial charge on any atom is -0.396 e. The predicted octanol–water partition coefficient (Wildman–Crippen LogP) is 3.90. The topological polar surface area (TPSA) is 20.2 Å². The average Bonchev–Trinajstić information content (AvgIpc) is 2.20. The maximum Gasteiger partial charge on any atom is 0.0499 e. The van der Waals surface area contributed by atoms with Gasteiger partial charge in [-0.1, -0.05) is 45.0 Å². The van der Waals surface area contributed by atoms with E-state index in [2.05, 4.69) is 52.0 Å². The second kappa shape index (κ2) is 5.49. The van der Waals surface area contributed by atoms with Crippen LogP contribution in [0.5, 0.6) is 0 Å². The Hall–Kier alpha value is -0.820. The molecule has 1 aromatic carbocycles. The summed E-state index contributed by atoms with van der Waals surface area (Å²) in [5.74, 6) is 0.292. The summed E-state index contributed by atoms with van der Waals surface area (Å²) in [5.41, 5.74) is 2.93. The van der Waals surface area contributed by atoms with E-state index in [1.807, 2.05) is 0 Å². The molecule has 1 rings (SSSR count). The van der Waals surface area contributed by atoms with Gasteiger partial charge in [0.25, 0.3) is 0 Å². The maximum atomic E-state index is 9.50. The van der Waals surface area contributed by atoms with Crippen LogP contribution < -0.4 is 0 Å². The molecular formula is C15H24O. The summed E-state index contributed by atoms with van der Waals surface area (Å²) in [6, 6.07) is 8.37. The van der Waals surface area contributed by atoms with Crippen LogP contribution in [0.3, 0.4) is 0 Å². The Morgan fingerprint density at radius 3 is 2.31 bits per heavy atom. The van der Waals surface area contributed by atoms with Gasteiger partial charge in [-0.05, 0) is 36.3 Å². The molecule has 16 heavy (non-hydrogen) atoms. The summed E-state index contributed by atoms with van der Waals surface area (Å²) >= 11 is 0. The molecule has 0 radical (unpaired) electrons. The van der Waals surface area contributed by atoms with Crippen molar-refractivity contribution in [2.45, 2.75) is 46.5 Å². The molecule has 0 aliphatic rings. The highest BCUT2D eigenvalue weighted by molar-refractivity contribution is 5.29. The van der Waals surface area contributed by atoms with E-state index in [1.54, 1.807) is 0 Å². The predicted molar refractivity (Wildman–Crippen MR) is 69.7 cm³/mol. The fraction of sp³-hybridized carbons (Fsp3) is 0.600. The number of aliphatic hydroxyl groups excluding tert-OH is 1. The Bertz CT molecular complexity index is 322. The van der Waals surface area contributed by atoms with Crippen LogP contribution in [0.15, 0.2) is 24.3 Å². The van der Waals surface area contributed by atoms with Crippen molar-refractivity contribution < 1.29 is 5.11 Å². The van der Waals surface area contributed by atoms with Crippen LogP contribution in [-0.4, -0.2) is 11.7 Å². The highest BCUT2D eigenvalue weighted by atomic mass is 16.3. The van der Waals surface area contributed by atoms with Crippen molar-refractivity contribution in [3.05, 3.63) is 35.4 Å². The van der Waals surface area contributed by atoms with Crippen LogP contribution in [0.25, 0.3) is 0 Å². The van der Waals surface area contributed by atoms with Gasteiger partial charge in [0.15, 0.2) is 0 Å². The maximum absolute atomic E-state index is 9.50. The van der Waals surface area contributed by atoms with Crippen LogP contribution in [-0.2, 0) is 0 Å². The van der Waals surface area contributed by atoms with Crippen LogP contribution in [0.1, 0.15) is 50.7 Å². The van der Waals surface area contributed by atoms with Crippen molar-refractivity contribution >= 4 is 0 Å². The first-order valence-electron chi connectivity index (χ1n) is 6.10. The molecule has 0 bridgehead atoms. The van der Waals surface area contributed by atoms with Crippen molar-refractivity contribution in [1.29, 1.82) is 0 Å². The van der Waals surface area contributed by atoms with E-state index in [0.717, 1.165) is 12.8 Å². The van der Waals surface area contributed by atoms with Crippen LogP contribution >= 0.6 is 0 Å². The smallest absolute Gasteiger partial charge is 0.0499 e. The summed E-state index contributed by atoms with van der Waals surface area (Å²) in [4.78, 5) is 0. The molecule has 0 spiro atoms. The molecule has 1 aromatic rings. The van der Waals surface area contributed by atoms with Crippen LogP contribution in [0, 0.1) is 12.3 Å². The highest BCUT2D eigenvalue weighted by Gasteiger charge is 2.17. The molecule has 1 unspecified atom stereocenters. The van der Waals surface area contributed by atoms with Gasteiger partial charge in [0.2, 0.25) is 0 Å². The van der Waals surface area contributed by atoms with Crippen LogP contribution in [0.4, 0.5) is 0 Å². The van der Waals surface area contributed by atoms with Crippen molar-refractivity contribution in [2.24, 2.45) is 5.41 Å². The van der Waals surface area contributed by atoms with Gasteiger partial charge in [0.05, 0.1) is 0 Å². The molecular weight excluding hydrogens is 196 g/mol. The number of hydrogen-bond donors (Lipinski definition) is 1. The third-order valence-corrected chi connectivity index (χ3v) is 3.09. The van der Waals surface area contributed by atoms with E-state index in [-0.39, 0.29) is 6.61 Å². The fourth-order valence-electron chi connectivity index (χ4n) is 2.00. The van der Waals surface area contributed by atoms with Crippen molar-refractivity contribution in [3.8, 4) is 0 Å². The average molecular weight is 220 g/mol. The molecule has 0 aliphatic heterocycles. The number of benzene rings is 1. The zero-order valence-electron chi connectivity index (χ0n) is 11.0. The van der Waals surface area contributed by atoms with Gasteiger partial charge in [0.1, 0.15) is 0 Å². The third kappa shape index (κ3) is 3.97. The number of hydrogen-bond acceptors (Lipinski definition) is 1.